The third-order valence-corrected chi connectivity index (χ3v) is 3.97. The molecule has 0 radical (unpaired) electrons. The predicted octanol–water partition coefficient (Wildman–Crippen LogP) is 2.74. The summed E-state index contributed by atoms with van der Waals surface area (Å²) in [7, 11) is 2.20. The van der Waals surface area contributed by atoms with Gasteiger partial charge in [0.15, 0.2) is 0 Å². The molecule has 1 N–H and O–H groups in total. The molecule has 17 heavy (non-hydrogen) atoms. The molecule has 94 valence electrons. The Morgan fingerprint density at radius 2 is 2.12 bits per heavy atom. The molecule has 2 heteroatoms. The topological polar surface area (TPSA) is 15.3 Å². The fraction of sp³-hybridized carbons (Fsp3) is 0.600. The average molecular weight is 232 g/mol. The zero-order chi connectivity index (χ0) is 12.3. The maximum atomic E-state index is 3.43. The Kier molecular flexibility index (Phi) is 4.06. The Labute approximate surface area is 105 Å². The van der Waals surface area contributed by atoms with E-state index in [4.69, 9.17) is 0 Å². The molecule has 1 fully saturated rings. The summed E-state index contributed by atoms with van der Waals surface area (Å²) in [4.78, 5) is 2.38. The molecule has 0 bridgehead atoms. The highest BCUT2D eigenvalue weighted by molar-refractivity contribution is 5.49. The SMILES string of the molecule is Cc1ccc(N(C)CCC2CCNC2)cc1C. The number of rotatable bonds is 4. The normalized spacial score (nSPS) is 19.6. The van der Waals surface area contributed by atoms with E-state index >= 15 is 0 Å². The summed E-state index contributed by atoms with van der Waals surface area (Å²) in [5.74, 6) is 0.879. The van der Waals surface area contributed by atoms with Crippen molar-refractivity contribution in [1.82, 2.24) is 5.32 Å². The zero-order valence-corrected chi connectivity index (χ0v) is 11.3. The minimum absolute atomic E-state index is 0.879. The molecular weight excluding hydrogens is 208 g/mol. The Hall–Kier alpha value is -1.02. The molecule has 1 saturated heterocycles. The van der Waals surface area contributed by atoms with Crippen LogP contribution in [0.2, 0.25) is 0 Å². The van der Waals surface area contributed by atoms with Crippen molar-refractivity contribution < 1.29 is 0 Å². The van der Waals surface area contributed by atoms with Crippen molar-refractivity contribution >= 4 is 5.69 Å². The molecule has 1 unspecified atom stereocenters. The van der Waals surface area contributed by atoms with Gasteiger partial charge >= 0.3 is 0 Å². The van der Waals surface area contributed by atoms with Crippen molar-refractivity contribution in [1.29, 1.82) is 0 Å². The second-order valence-electron chi connectivity index (χ2n) is 5.34. The number of nitrogens with one attached hydrogen (secondary N) is 1. The summed E-state index contributed by atoms with van der Waals surface area (Å²) in [6.07, 6.45) is 2.65. The van der Waals surface area contributed by atoms with Crippen molar-refractivity contribution in [2.45, 2.75) is 26.7 Å². The molecular formula is C15H24N2. The van der Waals surface area contributed by atoms with Gasteiger partial charge in [-0.2, -0.15) is 0 Å². The summed E-state index contributed by atoms with van der Waals surface area (Å²) in [5.41, 5.74) is 4.11. The van der Waals surface area contributed by atoms with Crippen LogP contribution in [-0.2, 0) is 0 Å². The van der Waals surface area contributed by atoms with Crippen LogP contribution in [0.5, 0.6) is 0 Å². The largest absolute Gasteiger partial charge is 0.375 e. The van der Waals surface area contributed by atoms with Gasteiger partial charge in [0, 0.05) is 19.3 Å². The lowest BCUT2D eigenvalue weighted by Crippen LogP contribution is -2.22. The van der Waals surface area contributed by atoms with Crippen LogP contribution >= 0.6 is 0 Å². The van der Waals surface area contributed by atoms with Crippen molar-refractivity contribution in [3.63, 3.8) is 0 Å². The van der Waals surface area contributed by atoms with E-state index in [1.165, 1.54) is 42.7 Å². The highest BCUT2D eigenvalue weighted by Gasteiger charge is 2.14. The molecule has 1 aromatic carbocycles. The van der Waals surface area contributed by atoms with Crippen molar-refractivity contribution in [3.8, 4) is 0 Å². The summed E-state index contributed by atoms with van der Waals surface area (Å²) in [6, 6.07) is 6.75. The summed E-state index contributed by atoms with van der Waals surface area (Å²) in [6.45, 7) is 7.94. The first-order chi connectivity index (χ1) is 8.16. The van der Waals surface area contributed by atoms with Gasteiger partial charge in [-0.25, -0.2) is 0 Å². The number of hydrogen-bond acceptors (Lipinski definition) is 2. The van der Waals surface area contributed by atoms with Gasteiger partial charge in [-0.05, 0) is 69.0 Å². The van der Waals surface area contributed by atoms with Crippen molar-refractivity contribution in [2.75, 3.05) is 31.6 Å². The average Bonchev–Trinajstić information content (AvgIpc) is 2.82. The van der Waals surface area contributed by atoms with Gasteiger partial charge in [0.05, 0.1) is 0 Å². The van der Waals surface area contributed by atoms with E-state index in [1.54, 1.807) is 0 Å². The lowest BCUT2D eigenvalue weighted by Gasteiger charge is -2.22. The lowest BCUT2D eigenvalue weighted by molar-refractivity contribution is 0.533. The van der Waals surface area contributed by atoms with E-state index in [0.717, 1.165) is 12.5 Å². The first-order valence-electron chi connectivity index (χ1n) is 6.66. The number of nitrogens with zero attached hydrogens (tertiary/aromatic N) is 1. The molecule has 1 aromatic rings. The molecule has 2 nitrogen and oxygen atoms in total. The summed E-state index contributed by atoms with van der Waals surface area (Å²) in [5, 5.41) is 3.43. The van der Waals surface area contributed by atoms with Gasteiger partial charge in [0.25, 0.3) is 0 Å². The first kappa shape index (κ1) is 12.4. The van der Waals surface area contributed by atoms with E-state index in [-0.39, 0.29) is 0 Å². The third-order valence-electron chi connectivity index (χ3n) is 3.97. The van der Waals surface area contributed by atoms with Gasteiger partial charge in [-0.15, -0.1) is 0 Å². The lowest BCUT2D eigenvalue weighted by atomic mass is 10.0. The predicted molar refractivity (Wildman–Crippen MR) is 74.8 cm³/mol. The molecule has 0 spiro atoms. The molecule has 1 atom stereocenters. The van der Waals surface area contributed by atoms with E-state index in [2.05, 4.69) is 49.3 Å². The number of aryl methyl sites for hydroxylation is 2. The molecule has 0 amide bonds. The molecule has 2 rings (SSSR count). The van der Waals surface area contributed by atoms with Crippen molar-refractivity contribution in [2.24, 2.45) is 5.92 Å². The number of benzene rings is 1. The van der Waals surface area contributed by atoms with Crippen LogP contribution < -0.4 is 10.2 Å². The maximum absolute atomic E-state index is 3.43. The van der Waals surface area contributed by atoms with E-state index in [1.807, 2.05) is 0 Å². The smallest absolute Gasteiger partial charge is 0.0366 e. The second kappa shape index (κ2) is 5.54. The second-order valence-corrected chi connectivity index (χ2v) is 5.34. The van der Waals surface area contributed by atoms with Crippen LogP contribution in [0.25, 0.3) is 0 Å². The first-order valence-corrected chi connectivity index (χ1v) is 6.66. The molecule has 1 aliphatic rings. The minimum atomic E-state index is 0.879. The monoisotopic (exact) mass is 232 g/mol. The zero-order valence-electron chi connectivity index (χ0n) is 11.3. The fourth-order valence-corrected chi connectivity index (χ4v) is 2.43. The van der Waals surface area contributed by atoms with Gasteiger partial charge < -0.3 is 10.2 Å². The van der Waals surface area contributed by atoms with E-state index in [0.29, 0.717) is 0 Å². The molecule has 1 heterocycles. The standard InChI is InChI=1S/C15H24N2/c1-12-4-5-15(10-13(12)2)17(3)9-7-14-6-8-16-11-14/h4-5,10,14,16H,6-9,11H2,1-3H3. The number of hydrogen-bond donors (Lipinski definition) is 1. The van der Waals surface area contributed by atoms with Crippen LogP contribution in [0.15, 0.2) is 18.2 Å². The Morgan fingerprint density at radius 1 is 1.29 bits per heavy atom. The molecule has 1 aliphatic heterocycles. The van der Waals surface area contributed by atoms with Crippen LogP contribution in [0, 0.1) is 19.8 Å². The summed E-state index contributed by atoms with van der Waals surface area (Å²) < 4.78 is 0. The molecule has 0 saturated carbocycles. The minimum Gasteiger partial charge on any atom is -0.375 e. The van der Waals surface area contributed by atoms with Gasteiger partial charge in [0.1, 0.15) is 0 Å². The Balaban J connectivity index is 1.89. The van der Waals surface area contributed by atoms with E-state index in [9.17, 15) is 0 Å². The molecule has 0 aliphatic carbocycles. The quantitative estimate of drug-likeness (QED) is 0.858. The fourth-order valence-electron chi connectivity index (χ4n) is 2.43. The van der Waals surface area contributed by atoms with Gasteiger partial charge in [-0.1, -0.05) is 6.07 Å². The third kappa shape index (κ3) is 3.22. The Bertz CT molecular complexity index is 367. The molecule has 0 aromatic heterocycles. The summed E-state index contributed by atoms with van der Waals surface area (Å²) >= 11 is 0. The highest BCUT2D eigenvalue weighted by Crippen LogP contribution is 2.19. The van der Waals surface area contributed by atoms with Gasteiger partial charge in [-0.3, -0.25) is 0 Å². The van der Waals surface area contributed by atoms with Crippen LogP contribution in [0.4, 0.5) is 5.69 Å². The van der Waals surface area contributed by atoms with Crippen molar-refractivity contribution in [3.05, 3.63) is 29.3 Å². The van der Waals surface area contributed by atoms with Crippen LogP contribution in [0.1, 0.15) is 24.0 Å². The Morgan fingerprint density at radius 3 is 2.76 bits per heavy atom. The van der Waals surface area contributed by atoms with Crippen LogP contribution in [0.3, 0.4) is 0 Å². The van der Waals surface area contributed by atoms with Crippen LogP contribution in [-0.4, -0.2) is 26.7 Å². The maximum Gasteiger partial charge on any atom is 0.0366 e. The highest BCUT2D eigenvalue weighted by atomic mass is 15.1. The number of anilines is 1. The van der Waals surface area contributed by atoms with Gasteiger partial charge in [0.2, 0.25) is 0 Å². The van der Waals surface area contributed by atoms with E-state index < -0.39 is 0 Å².